The van der Waals surface area contributed by atoms with Gasteiger partial charge in [-0.3, -0.25) is 9.59 Å². The van der Waals surface area contributed by atoms with Gasteiger partial charge < -0.3 is 34.6 Å². The van der Waals surface area contributed by atoms with Crippen LogP contribution in [-0.4, -0.2) is 80.5 Å². The molecule has 0 unspecified atom stereocenters. The van der Waals surface area contributed by atoms with Crippen molar-refractivity contribution in [3.8, 4) is 28.1 Å². The number of nitrogens with zero attached hydrogens (tertiary/aromatic N) is 4. The van der Waals surface area contributed by atoms with Crippen LogP contribution in [0.3, 0.4) is 0 Å². The lowest BCUT2D eigenvalue weighted by molar-refractivity contribution is -0.137. The van der Waals surface area contributed by atoms with E-state index in [9.17, 15) is 14.4 Å². The average Bonchev–Trinajstić information content (AvgIpc) is 4.02. The first-order chi connectivity index (χ1) is 26.2. The van der Waals surface area contributed by atoms with Gasteiger partial charge in [0.05, 0.1) is 37.7 Å². The molecule has 2 saturated heterocycles. The zero-order chi connectivity index (χ0) is 37.5. The molecule has 5 aromatic rings. The Kier molecular flexibility index (Phi) is 16.0. The molecule has 0 radical (unpaired) electrons. The number of carbonyl (C=O) groups excluding carboxylic acids is 3. The maximum Gasteiger partial charge on any atom is 0.407 e. The van der Waals surface area contributed by atoms with Gasteiger partial charge in [0.25, 0.3) is 0 Å². The topological polar surface area (TPSA) is 146 Å². The Morgan fingerprint density at radius 3 is 2.29 bits per heavy atom. The fraction of sp³-hybridized carbons (Fsp3) is 0.452. The van der Waals surface area contributed by atoms with Crippen molar-refractivity contribution < 1.29 is 23.9 Å². The van der Waals surface area contributed by atoms with E-state index in [-0.39, 0.29) is 83.8 Å². The van der Waals surface area contributed by atoms with Gasteiger partial charge in [-0.2, -0.15) is 54.0 Å². The van der Waals surface area contributed by atoms with Crippen molar-refractivity contribution in [1.82, 2.24) is 35.1 Å². The average molecular weight is 868 g/mol. The van der Waals surface area contributed by atoms with Gasteiger partial charge in [-0.25, -0.2) is 14.8 Å². The minimum absolute atomic E-state index is 0. The maximum atomic E-state index is 13.8. The first kappa shape index (κ1) is 46.7. The summed E-state index contributed by atoms with van der Waals surface area (Å²) in [7, 11) is 1.31. The number of methoxy groups -OCH3 is 1. The molecular weight excluding hydrogens is 811 g/mol. The number of fused-ring (bicyclic) bond motifs is 5. The minimum Gasteiger partial charge on any atom is -0.491 e. The van der Waals surface area contributed by atoms with Crippen molar-refractivity contribution in [3.63, 3.8) is 0 Å². The molecule has 3 aromatic carbocycles. The predicted molar refractivity (Wildman–Crippen MR) is 248 cm³/mol. The van der Waals surface area contributed by atoms with Crippen molar-refractivity contribution in [2.75, 3.05) is 26.8 Å². The Balaban J connectivity index is 0.00000186. The molecule has 3 amide bonds. The summed E-state index contributed by atoms with van der Waals surface area (Å²) in [6, 6.07) is 16.1. The Bertz CT molecular complexity index is 2210. The third-order valence-corrected chi connectivity index (χ3v) is 11.7. The first-order valence-corrected chi connectivity index (χ1v) is 19.4. The van der Waals surface area contributed by atoms with E-state index in [1.165, 1.54) is 7.11 Å². The van der Waals surface area contributed by atoms with Crippen LogP contribution < -0.4 is 10.1 Å². The number of carbonyl (C=O) groups is 3. The number of hydrogen-bond acceptors (Lipinski definition) is 7. The van der Waals surface area contributed by atoms with E-state index >= 15 is 0 Å². The molecule has 4 atom stereocenters. The zero-order valence-corrected chi connectivity index (χ0v) is 37.5. The molecule has 314 valence electrons. The molecule has 12 nitrogen and oxygen atoms in total. The number of ether oxygens (including phenoxy) is 2. The summed E-state index contributed by atoms with van der Waals surface area (Å²) >= 11 is 0. The van der Waals surface area contributed by atoms with Gasteiger partial charge in [0.15, 0.2) is 0 Å². The van der Waals surface area contributed by atoms with E-state index in [1.807, 2.05) is 22.9 Å². The number of H-pyrrole nitrogens is 2. The van der Waals surface area contributed by atoms with Crippen LogP contribution in [0.4, 0.5) is 4.79 Å². The molecule has 2 aromatic heterocycles. The number of likely N-dealkylation sites (tertiary alicyclic amines) is 1. The van der Waals surface area contributed by atoms with Crippen LogP contribution in [-0.2, 0) is 14.3 Å². The van der Waals surface area contributed by atoms with Crippen LogP contribution in [0, 0.1) is 11.8 Å². The molecule has 0 saturated carbocycles. The second kappa shape index (κ2) is 19.8. The summed E-state index contributed by atoms with van der Waals surface area (Å²) < 4.78 is 11.2. The van der Waals surface area contributed by atoms with Crippen molar-refractivity contribution >= 4 is 93.7 Å². The Labute approximate surface area is 367 Å². The minimum atomic E-state index is -0.668. The number of amides is 3. The normalized spacial score (nSPS) is 19.7. The molecule has 16 heteroatoms. The molecule has 3 aliphatic rings. The van der Waals surface area contributed by atoms with Gasteiger partial charge in [-0.05, 0) is 85.1 Å². The quantitative estimate of drug-likeness (QED) is 0.156. The maximum absolute atomic E-state index is 13.8. The van der Waals surface area contributed by atoms with Crippen LogP contribution >= 0.6 is 54.0 Å². The monoisotopic (exact) mass is 867 g/mol. The van der Waals surface area contributed by atoms with Gasteiger partial charge in [-0.1, -0.05) is 57.2 Å². The lowest BCUT2D eigenvalue weighted by Crippen LogP contribution is -2.48. The lowest BCUT2D eigenvalue weighted by atomic mass is 9.96. The molecule has 3 aliphatic heterocycles. The Morgan fingerprint density at radius 1 is 0.845 bits per heavy atom. The van der Waals surface area contributed by atoms with E-state index < -0.39 is 12.1 Å². The second-order valence-corrected chi connectivity index (χ2v) is 15.4. The summed E-state index contributed by atoms with van der Waals surface area (Å²) in [6.07, 6.45) is 6.72. The largest absolute Gasteiger partial charge is 0.491 e. The number of hydrogen-bond donors (Lipinski definition) is 3. The molecule has 2 bridgehead atoms. The van der Waals surface area contributed by atoms with Crippen molar-refractivity contribution in [3.05, 3.63) is 66.4 Å². The standard InChI is InChI=1S/C42H49N7O5.4H2S/c1-24(2)25(3)40(50)48-18-7-10-33(48)38-43-23-32(44-38)27-14-12-26(13-15-27)28-16-17-30-29(21-28)22-35-37-36(30)46-39(47-37)34-11-8-19-49(34)41(51)31(45-42(52)53-4)9-5-6-20-54-35;;;;/h12-17,21-25,31,33-34H,5-11,18-20H2,1-4H3,(H,43,44)(H,45,52)(H,46,47);4*1H2/t25-,31-,33-,34-;;;;/m0..../s1. The first-order valence-electron chi connectivity index (χ1n) is 19.4. The number of rotatable bonds is 6. The van der Waals surface area contributed by atoms with Crippen LogP contribution in [0.2, 0.25) is 0 Å². The van der Waals surface area contributed by atoms with Crippen LogP contribution in [0.15, 0.2) is 54.7 Å². The molecule has 58 heavy (non-hydrogen) atoms. The van der Waals surface area contributed by atoms with E-state index in [2.05, 4.69) is 77.7 Å². The van der Waals surface area contributed by atoms with E-state index in [0.717, 1.165) is 100 Å². The fourth-order valence-electron chi connectivity index (χ4n) is 8.29. The molecule has 0 aliphatic carbocycles. The zero-order valence-electron chi connectivity index (χ0n) is 33.5. The molecule has 8 rings (SSSR count). The van der Waals surface area contributed by atoms with Gasteiger partial charge in [-0.15, -0.1) is 0 Å². The number of aromatic nitrogens is 4. The van der Waals surface area contributed by atoms with Crippen LogP contribution in [0.1, 0.15) is 89.4 Å². The van der Waals surface area contributed by atoms with E-state index in [0.29, 0.717) is 31.9 Å². The van der Waals surface area contributed by atoms with E-state index in [1.54, 1.807) is 0 Å². The number of nitrogens with one attached hydrogen (secondary N) is 3. The summed E-state index contributed by atoms with van der Waals surface area (Å²) in [5.74, 6) is 2.68. The number of alkyl carbamates (subject to hydrolysis) is 1. The Morgan fingerprint density at radius 2 is 1.55 bits per heavy atom. The molecular formula is C42H57N7O5S4. The highest BCUT2D eigenvalue weighted by Gasteiger charge is 2.37. The van der Waals surface area contributed by atoms with Crippen LogP contribution in [0.5, 0.6) is 5.75 Å². The third kappa shape index (κ3) is 9.09. The van der Waals surface area contributed by atoms with Gasteiger partial charge in [0.1, 0.15) is 34.5 Å². The summed E-state index contributed by atoms with van der Waals surface area (Å²) in [5, 5.41) is 4.78. The fourth-order valence-corrected chi connectivity index (χ4v) is 8.29. The van der Waals surface area contributed by atoms with Gasteiger partial charge >= 0.3 is 6.09 Å². The van der Waals surface area contributed by atoms with Crippen LogP contribution in [0.25, 0.3) is 44.2 Å². The summed E-state index contributed by atoms with van der Waals surface area (Å²) in [5.41, 5.74) is 5.77. The number of benzene rings is 3. The number of aromatic amines is 2. The molecule has 3 N–H and O–H groups in total. The molecule has 2 fully saturated rings. The Hall–Kier alpha value is -3.99. The lowest BCUT2D eigenvalue weighted by Gasteiger charge is -2.28. The smallest absolute Gasteiger partial charge is 0.407 e. The summed E-state index contributed by atoms with van der Waals surface area (Å²) in [6.45, 7) is 8.06. The highest BCUT2D eigenvalue weighted by atomic mass is 32.1. The summed E-state index contributed by atoms with van der Waals surface area (Å²) in [4.78, 5) is 59.9. The van der Waals surface area contributed by atoms with Gasteiger partial charge in [0, 0.05) is 24.4 Å². The predicted octanol–water partition coefficient (Wildman–Crippen LogP) is 8.13. The number of imidazole rings is 2. The van der Waals surface area contributed by atoms with Gasteiger partial charge in [0.2, 0.25) is 11.8 Å². The van der Waals surface area contributed by atoms with Crippen molar-refractivity contribution in [2.24, 2.45) is 11.8 Å². The molecule has 0 spiro atoms. The highest BCUT2D eigenvalue weighted by molar-refractivity contribution is 7.59. The van der Waals surface area contributed by atoms with E-state index in [4.69, 9.17) is 19.4 Å². The highest BCUT2D eigenvalue weighted by Crippen LogP contribution is 2.39. The van der Waals surface area contributed by atoms with Crippen molar-refractivity contribution in [1.29, 1.82) is 0 Å². The van der Waals surface area contributed by atoms with Crippen molar-refractivity contribution in [2.45, 2.75) is 83.8 Å². The SMILES string of the molecule is COC(=O)N[C@H]1CCCCOc2cc3cc(-c4ccc(-c5cnc([C@@H]6CCCN6C(=O)[C@@H](C)C(C)C)[nH]5)cc4)ccc3c3nc([nH]c23)[C@@H]2CCCN2C1=O.S.S.S.S. The third-order valence-electron chi connectivity index (χ3n) is 11.7. The second-order valence-electron chi connectivity index (χ2n) is 15.4. The molecule has 5 heterocycles.